The summed E-state index contributed by atoms with van der Waals surface area (Å²) >= 11 is 0. The quantitative estimate of drug-likeness (QED) is 0.205. The molecule has 0 amide bonds. The molecule has 0 aliphatic rings. The fourth-order valence-corrected chi connectivity index (χ4v) is 0.935. The van der Waals surface area contributed by atoms with Gasteiger partial charge in [-0.3, -0.25) is 0 Å². The van der Waals surface area contributed by atoms with Gasteiger partial charge in [-0.15, -0.1) is 6.61 Å². The summed E-state index contributed by atoms with van der Waals surface area (Å²) < 4.78 is 0. The molecule has 6 nitrogen and oxygen atoms in total. The third-order valence-electron chi connectivity index (χ3n) is 3.06. The van der Waals surface area contributed by atoms with Crippen LogP contribution in [-0.4, -0.2) is 65.2 Å². The van der Waals surface area contributed by atoms with E-state index in [-0.39, 0.29) is 47.8 Å². The van der Waals surface area contributed by atoms with Crippen LogP contribution in [0.25, 0.3) is 0 Å². The molecule has 0 aromatic heterocycles. The molecule has 0 heterocycles. The zero-order valence-electron chi connectivity index (χ0n) is 22.8. The van der Waals surface area contributed by atoms with Crippen LogP contribution in [-0.2, 0) is 22.4 Å². The number of aliphatic hydroxyl groups is 5. The maximum absolute atomic E-state index is 9.53. The molecule has 0 spiro atoms. The van der Waals surface area contributed by atoms with E-state index in [4.69, 9.17) is 25.5 Å². The van der Waals surface area contributed by atoms with Crippen molar-refractivity contribution in [1.82, 2.24) is 0 Å². The van der Waals surface area contributed by atoms with Crippen LogP contribution in [0.4, 0.5) is 0 Å². The van der Waals surface area contributed by atoms with Crippen molar-refractivity contribution >= 4 is 0 Å². The van der Waals surface area contributed by atoms with Gasteiger partial charge in [-0.2, -0.15) is 0 Å². The molecule has 0 aromatic carbocycles. The standard InChI is InChI=1S/5C4H10O.C4H9O.Li.Ta/c6*1-2-3-4-5;;/h5*5H,2-4H2,1H3;2-4H2,1H3;;/q;;;;;-1;+1;. The Balaban J connectivity index is -0.0000000356. The molecule has 0 saturated heterocycles. The SMILES string of the molecule is CCCCO.CCCCO.CCCCO.CCCCO.CCCCO.CCCC[O-].[Li+].[Ta]. The van der Waals surface area contributed by atoms with Gasteiger partial charge in [0, 0.05) is 55.4 Å². The van der Waals surface area contributed by atoms with Crippen molar-refractivity contribution in [2.75, 3.05) is 39.6 Å². The first-order valence-electron chi connectivity index (χ1n) is 12.1. The van der Waals surface area contributed by atoms with E-state index in [1.54, 1.807) is 0 Å². The van der Waals surface area contributed by atoms with E-state index in [0.29, 0.717) is 33.0 Å². The van der Waals surface area contributed by atoms with E-state index >= 15 is 0 Å². The fraction of sp³-hybridized carbons (Fsp3) is 1.00. The van der Waals surface area contributed by atoms with Gasteiger partial charge in [-0.1, -0.05) is 86.5 Å². The van der Waals surface area contributed by atoms with Crippen LogP contribution in [0, 0.1) is 0 Å². The van der Waals surface area contributed by atoms with E-state index in [1.165, 1.54) is 0 Å². The van der Waals surface area contributed by atoms with Crippen LogP contribution in [0.2, 0.25) is 0 Å². The van der Waals surface area contributed by atoms with Crippen LogP contribution >= 0.6 is 0 Å². The zero-order chi connectivity index (χ0) is 24.7. The molecule has 0 fully saturated rings. The van der Waals surface area contributed by atoms with Crippen LogP contribution in [0.3, 0.4) is 0 Å². The van der Waals surface area contributed by atoms with Crippen molar-refractivity contribution in [2.45, 2.75) is 119 Å². The summed E-state index contributed by atoms with van der Waals surface area (Å²) in [5.74, 6) is 0. The van der Waals surface area contributed by atoms with Crippen LogP contribution in [0.5, 0.6) is 0 Å². The minimum Gasteiger partial charge on any atom is -0.854 e. The molecule has 8 heteroatoms. The normalized spacial score (nSPS) is 7.88. The number of hydrogen-bond donors (Lipinski definition) is 5. The molecule has 5 N–H and O–H groups in total. The molecule has 0 saturated carbocycles. The summed E-state index contributed by atoms with van der Waals surface area (Å²) in [5, 5.41) is 49.9. The average molecular weight is 632 g/mol. The average Bonchev–Trinajstić information content (AvgIpc) is 2.74. The van der Waals surface area contributed by atoms with E-state index in [9.17, 15) is 5.11 Å². The summed E-state index contributed by atoms with van der Waals surface area (Å²) in [4.78, 5) is 0. The smallest absolute Gasteiger partial charge is 0.854 e. The summed E-state index contributed by atoms with van der Waals surface area (Å²) in [6, 6.07) is 0. The fourth-order valence-electron chi connectivity index (χ4n) is 0.935. The summed E-state index contributed by atoms with van der Waals surface area (Å²) in [7, 11) is 0. The molecule has 0 bridgehead atoms. The second kappa shape index (κ2) is 85.1. The summed E-state index contributed by atoms with van der Waals surface area (Å²) in [5.41, 5.74) is 0. The number of unbranched alkanes of at least 4 members (excludes halogenated alkanes) is 6. The first-order chi connectivity index (χ1) is 14.5. The van der Waals surface area contributed by atoms with Crippen molar-refractivity contribution in [3.63, 3.8) is 0 Å². The van der Waals surface area contributed by atoms with Crippen LogP contribution < -0.4 is 24.0 Å². The first-order valence-corrected chi connectivity index (χ1v) is 12.1. The molecule has 32 heavy (non-hydrogen) atoms. The van der Waals surface area contributed by atoms with Gasteiger partial charge >= 0.3 is 18.9 Å². The number of aliphatic hydroxyl groups excluding tert-OH is 5. The van der Waals surface area contributed by atoms with Crippen molar-refractivity contribution in [1.29, 1.82) is 0 Å². The monoisotopic (exact) mass is 631 g/mol. The number of hydrogen-bond acceptors (Lipinski definition) is 6. The van der Waals surface area contributed by atoms with Crippen molar-refractivity contribution in [2.24, 2.45) is 0 Å². The Bertz CT molecular complexity index is 126. The van der Waals surface area contributed by atoms with E-state index in [1.807, 2.05) is 6.92 Å². The maximum Gasteiger partial charge on any atom is 1.00 e. The van der Waals surface area contributed by atoms with Gasteiger partial charge in [0.25, 0.3) is 0 Å². The van der Waals surface area contributed by atoms with Gasteiger partial charge in [0.05, 0.1) is 0 Å². The Morgan fingerprint density at radius 2 is 0.562 bits per heavy atom. The summed E-state index contributed by atoms with van der Waals surface area (Å²) in [6.07, 6.45) is 12.1. The van der Waals surface area contributed by atoms with E-state index < -0.39 is 0 Å². The van der Waals surface area contributed by atoms with Gasteiger partial charge in [-0.25, -0.2) is 0 Å². The molecule has 0 aliphatic carbocycles. The Morgan fingerprint density at radius 1 is 0.406 bits per heavy atom. The van der Waals surface area contributed by atoms with Gasteiger partial charge in [0.1, 0.15) is 0 Å². The largest absolute Gasteiger partial charge is 1.00 e. The molecule has 0 aromatic rings. The molecule has 0 atom stereocenters. The van der Waals surface area contributed by atoms with Crippen molar-refractivity contribution < 1.29 is 71.9 Å². The topological polar surface area (TPSA) is 124 Å². The summed E-state index contributed by atoms with van der Waals surface area (Å²) in [6.45, 7) is 14.1. The Hall–Kier alpha value is 1.10. The first kappa shape index (κ1) is 54.1. The van der Waals surface area contributed by atoms with Crippen LogP contribution in [0.15, 0.2) is 0 Å². The minimum absolute atomic E-state index is 0. The molecule has 1 radical (unpaired) electrons. The third kappa shape index (κ3) is 164. The van der Waals surface area contributed by atoms with Crippen molar-refractivity contribution in [3.05, 3.63) is 0 Å². The Labute approximate surface area is 229 Å². The van der Waals surface area contributed by atoms with E-state index in [0.717, 1.165) is 77.0 Å². The molecule has 0 unspecified atom stereocenters. The molecule has 197 valence electrons. The maximum atomic E-state index is 9.53. The second-order valence-electron chi connectivity index (χ2n) is 6.44. The second-order valence-corrected chi connectivity index (χ2v) is 6.44. The van der Waals surface area contributed by atoms with E-state index in [2.05, 4.69) is 34.6 Å². The molecular weight excluding hydrogens is 572 g/mol. The third-order valence-corrected chi connectivity index (χ3v) is 3.06. The Kier molecular flexibility index (Phi) is 144. The Morgan fingerprint density at radius 3 is 0.562 bits per heavy atom. The van der Waals surface area contributed by atoms with Gasteiger partial charge in [-0.05, 0) is 32.1 Å². The zero-order valence-corrected chi connectivity index (χ0v) is 26.0. The predicted octanol–water partition coefficient (Wildman–Crippen LogP) is 1.04. The van der Waals surface area contributed by atoms with Gasteiger partial charge < -0.3 is 30.6 Å². The predicted molar refractivity (Wildman–Crippen MR) is 130 cm³/mol. The molecule has 0 aliphatic heterocycles. The van der Waals surface area contributed by atoms with Crippen LogP contribution in [0.1, 0.15) is 119 Å². The molecule has 0 rings (SSSR count). The van der Waals surface area contributed by atoms with Crippen molar-refractivity contribution in [3.8, 4) is 0 Å². The van der Waals surface area contributed by atoms with Gasteiger partial charge in [0.15, 0.2) is 0 Å². The minimum atomic E-state index is 0. The number of rotatable bonds is 12. The molecular formula is C24H59LiO6Ta. The van der Waals surface area contributed by atoms with Gasteiger partial charge in [0.2, 0.25) is 0 Å².